The van der Waals surface area contributed by atoms with Gasteiger partial charge in [-0.1, -0.05) is 31.2 Å². The molecule has 0 aliphatic heterocycles. The third-order valence-electron chi connectivity index (χ3n) is 3.75. The van der Waals surface area contributed by atoms with Gasteiger partial charge in [-0.05, 0) is 43.4 Å². The lowest BCUT2D eigenvalue weighted by atomic mass is 9.97. The van der Waals surface area contributed by atoms with Crippen molar-refractivity contribution in [3.8, 4) is 0 Å². The molecule has 2 atom stereocenters. The fourth-order valence-electron chi connectivity index (χ4n) is 2.84. The molecule has 1 aliphatic carbocycles. The Balaban J connectivity index is 2.17. The summed E-state index contributed by atoms with van der Waals surface area (Å²) in [5, 5.41) is 3.47. The Bertz CT molecular complexity index is 411. The second kappa shape index (κ2) is 7.70. The van der Waals surface area contributed by atoms with Crippen LogP contribution in [0.2, 0.25) is 0 Å². The van der Waals surface area contributed by atoms with E-state index >= 15 is 0 Å². The average molecular weight is 283 g/mol. The van der Waals surface area contributed by atoms with E-state index in [1.54, 1.807) is 0 Å². The summed E-state index contributed by atoms with van der Waals surface area (Å²) < 4.78 is 30.3. The zero-order valence-electron chi connectivity index (χ0n) is 11.9. The highest BCUT2D eigenvalue weighted by Crippen LogP contribution is 2.31. The molecule has 1 aromatic carbocycles. The van der Waals surface area contributed by atoms with Crippen LogP contribution in [0.3, 0.4) is 0 Å². The van der Waals surface area contributed by atoms with E-state index in [2.05, 4.69) is 24.4 Å². The van der Waals surface area contributed by atoms with Gasteiger partial charge in [0.2, 0.25) is 0 Å². The van der Waals surface area contributed by atoms with Gasteiger partial charge < -0.3 is 10.1 Å². The topological polar surface area (TPSA) is 21.3 Å². The quantitative estimate of drug-likeness (QED) is 0.804. The minimum atomic E-state index is -2.40. The van der Waals surface area contributed by atoms with E-state index < -0.39 is 13.0 Å². The highest BCUT2D eigenvalue weighted by molar-refractivity contribution is 5.32. The monoisotopic (exact) mass is 283 g/mol. The molecule has 1 aromatic rings. The molecule has 20 heavy (non-hydrogen) atoms. The van der Waals surface area contributed by atoms with E-state index in [9.17, 15) is 8.78 Å². The molecule has 0 saturated heterocycles. The lowest BCUT2D eigenvalue weighted by Gasteiger charge is -2.28. The van der Waals surface area contributed by atoms with Crippen molar-refractivity contribution in [2.24, 2.45) is 0 Å². The van der Waals surface area contributed by atoms with Crippen molar-refractivity contribution in [3.63, 3.8) is 0 Å². The molecule has 1 aliphatic rings. The fourth-order valence-corrected chi connectivity index (χ4v) is 2.84. The summed E-state index contributed by atoms with van der Waals surface area (Å²) in [6.45, 7) is 2.50. The van der Waals surface area contributed by atoms with Crippen LogP contribution in [0.4, 0.5) is 8.78 Å². The van der Waals surface area contributed by atoms with Crippen LogP contribution in [0.15, 0.2) is 24.3 Å². The van der Waals surface area contributed by atoms with E-state index in [-0.39, 0.29) is 12.1 Å². The molecule has 0 spiro atoms. The minimum Gasteiger partial charge on any atom is -0.370 e. The van der Waals surface area contributed by atoms with Crippen molar-refractivity contribution in [1.82, 2.24) is 5.32 Å². The number of halogens is 2. The highest BCUT2D eigenvalue weighted by atomic mass is 19.3. The molecule has 0 fully saturated rings. The summed E-state index contributed by atoms with van der Waals surface area (Å²) in [6.07, 6.45) is 1.24. The van der Waals surface area contributed by atoms with Gasteiger partial charge in [0.05, 0.1) is 12.1 Å². The second-order valence-electron chi connectivity index (χ2n) is 5.29. The maximum absolute atomic E-state index is 12.4. The summed E-state index contributed by atoms with van der Waals surface area (Å²) >= 11 is 0. The van der Waals surface area contributed by atoms with Crippen LogP contribution in [0, 0.1) is 0 Å². The highest BCUT2D eigenvalue weighted by Gasteiger charge is 2.28. The molecule has 0 radical (unpaired) electrons. The number of aryl methyl sites for hydroxylation is 1. The Hall–Kier alpha value is -1.00. The smallest absolute Gasteiger partial charge is 0.261 e. The van der Waals surface area contributed by atoms with Crippen LogP contribution in [-0.2, 0) is 11.2 Å². The minimum absolute atomic E-state index is 0.0207. The first-order valence-electron chi connectivity index (χ1n) is 7.43. The summed E-state index contributed by atoms with van der Waals surface area (Å²) in [5.74, 6) is 0. The lowest BCUT2D eigenvalue weighted by molar-refractivity contribution is -0.0411. The normalized spacial score (nSPS) is 22.6. The Labute approximate surface area is 119 Å². The first-order chi connectivity index (χ1) is 9.72. The van der Waals surface area contributed by atoms with Crippen molar-refractivity contribution in [2.45, 2.75) is 51.2 Å². The van der Waals surface area contributed by atoms with E-state index in [1.165, 1.54) is 11.1 Å². The van der Waals surface area contributed by atoms with Gasteiger partial charge in [0.1, 0.15) is 6.61 Å². The van der Waals surface area contributed by atoms with Crippen LogP contribution >= 0.6 is 0 Å². The molecule has 0 heterocycles. The maximum Gasteiger partial charge on any atom is 0.261 e. The van der Waals surface area contributed by atoms with Crippen molar-refractivity contribution in [3.05, 3.63) is 35.4 Å². The summed E-state index contributed by atoms with van der Waals surface area (Å²) in [7, 11) is 0. The molecule has 0 bridgehead atoms. The number of benzene rings is 1. The zero-order chi connectivity index (χ0) is 14.4. The van der Waals surface area contributed by atoms with Crippen molar-refractivity contribution < 1.29 is 13.5 Å². The molecule has 112 valence electrons. The van der Waals surface area contributed by atoms with E-state index in [0.717, 1.165) is 32.2 Å². The first-order valence-corrected chi connectivity index (χ1v) is 7.43. The molecule has 0 amide bonds. The van der Waals surface area contributed by atoms with Crippen LogP contribution in [0.5, 0.6) is 0 Å². The van der Waals surface area contributed by atoms with Gasteiger partial charge in [-0.25, -0.2) is 8.78 Å². The Kier molecular flexibility index (Phi) is 5.92. The number of hydrogen-bond donors (Lipinski definition) is 1. The maximum atomic E-state index is 12.4. The molecule has 4 heteroatoms. The number of alkyl halides is 2. The average Bonchev–Trinajstić information content (AvgIpc) is 2.62. The van der Waals surface area contributed by atoms with Crippen LogP contribution < -0.4 is 5.32 Å². The van der Waals surface area contributed by atoms with Gasteiger partial charge in [-0.2, -0.15) is 0 Å². The van der Waals surface area contributed by atoms with Crippen LogP contribution in [0.1, 0.15) is 43.4 Å². The van der Waals surface area contributed by atoms with Crippen LogP contribution in [-0.4, -0.2) is 25.7 Å². The summed E-state index contributed by atoms with van der Waals surface area (Å²) in [4.78, 5) is 0. The van der Waals surface area contributed by atoms with Crippen LogP contribution in [0.25, 0.3) is 0 Å². The van der Waals surface area contributed by atoms with Gasteiger partial charge in [-0.3, -0.25) is 0 Å². The van der Waals surface area contributed by atoms with Gasteiger partial charge in [0.25, 0.3) is 6.43 Å². The third kappa shape index (κ3) is 4.00. The molecule has 0 aromatic heterocycles. The molecule has 0 saturated carbocycles. The molecule has 2 unspecified atom stereocenters. The van der Waals surface area contributed by atoms with Crippen molar-refractivity contribution in [1.29, 1.82) is 0 Å². The lowest BCUT2D eigenvalue weighted by Crippen LogP contribution is -2.35. The van der Waals surface area contributed by atoms with Crippen molar-refractivity contribution in [2.75, 3.05) is 13.2 Å². The zero-order valence-corrected chi connectivity index (χ0v) is 11.9. The van der Waals surface area contributed by atoms with E-state index in [1.807, 2.05) is 12.1 Å². The molecule has 1 N–H and O–H groups in total. The van der Waals surface area contributed by atoms with E-state index in [4.69, 9.17) is 4.74 Å². The standard InChI is InChI=1S/C16H23F2NO/c1-2-10-19-16-13-8-4-3-6-12(13)7-5-9-14(16)20-11-15(17)18/h3-4,6,8,14-16,19H,2,5,7,9-11H2,1H3. The molecular weight excluding hydrogens is 260 g/mol. The third-order valence-corrected chi connectivity index (χ3v) is 3.75. The number of fused-ring (bicyclic) bond motifs is 1. The molecule has 2 nitrogen and oxygen atoms in total. The summed E-state index contributed by atoms with van der Waals surface area (Å²) in [5.41, 5.74) is 2.52. The second-order valence-corrected chi connectivity index (χ2v) is 5.29. The number of hydrogen-bond acceptors (Lipinski definition) is 2. The Morgan fingerprint density at radius 1 is 1.35 bits per heavy atom. The number of nitrogens with one attached hydrogen (secondary N) is 1. The van der Waals surface area contributed by atoms with E-state index in [0.29, 0.717) is 0 Å². The largest absolute Gasteiger partial charge is 0.370 e. The van der Waals surface area contributed by atoms with Gasteiger partial charge in [0, 0.05) is 0 Å². The van der Waals surface area contributed by atoms with Gasteiger partial charge in [-0.15, -0.1) is 0 Å². The van der Waals surface area contributed by atoms with Gasteiger partial charge >= 0.3 is 0 Å². The SMILES string of the molecule is CCCNC1c2ccccc2CCCC1OCC(F)F. The summed E-state index contributed by atoms with van der Waals surface area (Å²) in [6, 6.07) is 8.29. The van der Waals surface area contributed by atoms with Gasteiger partial charge in [0.15, 0.2) is 0 Å². The predicted octanol–water partition coefficient (Wildman–Crippen LogP) is 3.71. The number of ether oxygens (including phenoxy) is 1. The first kappa shape index (κ1) is 15.4. The fraction of sp³-hybridized carbons (Fsp3) is 0.625. The Morgan fingerprint density at radius 2 is 2.15 bits per heavy atom. The molecule has 2 rings (SSSR count). The Morgan fingerprint density at radius 3 is 2.90 bits per heavy atom. The van der Waals surface area contributed by atoms with Crippen molar-refractivity contribution >= 4 is 0 Å². The number of rotatable bonds is 6. The molecular formula is C16H23F2NO. The predicted molar refractivity (Wildman–Crippen MR) is 76.2 cm³/mol.